The second-order valence-corrected chi connectivity index (χ2v) is 6.77. The van der Waals surface area contributed by atoms with Crippen molar-refractivity contribution in [2.24, 2.45) is 0 Å². The lowest BCUT2D eigenvalue weighted by Crippen LogP contribution is -2.41. The highest BCUT2D eigenvalue weighted by Crippen LogP contribution is 2.25. The number of hydrogen-bond donors (Lipinski definition) is 0. The van der Waals surface area contributed by atoms with Crippen molar-refractivity contribution < 1.29 is 17.9 Å². The Morgan fingerprint density at radius 3 is 2.57 bits per heavy atom. The number of nitrogens with zero attached hydrogens (tertiary/aromatic N) is 2. The van der Waals surface area contributed by atoms with E-state index in [9.17, 15) is 13.2 Å². The lowest BCUT2D eigenvalue weighted by atomic mass is 10.2. The molecule has 0 bridgehead atoms. The Labute approximate surface area is 128 Å². The van der Waals surface area contributed by atoms with E-state index >= 15 is 0 Å². The summed E-state index contributed by atoms with van der Waals surface area (Å²) in [6.45, 7) is 2.81. The monoisotopic (exact) mass is 330 g/mol. The summed E-state index contributed by atoms with van der Waals surface area (Å²) in [5.74, 6) is -0.687. The molecule has 114 valence electrons. The van der Waals surface area contributed by atoms with Crippen molar-refractivity contribution >= 4 is 27.6 Å². The second kappa shape index (κ2) is 6.89. The van der Waals surface area contributed by atoms with E-state index < -0.39 is 28.6 Å². The minimum Gasteiger partial charge on any atom is -0.468 e. The van der Waals surface area contributed by atoms with Crippen LogP contribution < -0.4 is 0 Å². The number of benzene rings is 1. The van der Waals surface area contributed by atoms with E-state index in [-0.39, 0.29) is 15.5 Å². The van der Waals surface area contributed by atoms with Gasteiger partial charge in [0, 0.05) is 11.1 Å². The van der Waals surface area contributed by atoms with E-state index in [1.807, 2.05) is 6.07 Å². The van der Waals surface area contributed by atoms with Gasteiger partial charge in [-0.05, 0) is 32.0 Å². The molecule has 0 aromatic heterocycles. The molecule has 0 aliphatic heterocycles. The summed E-state index contributed by atoms with van der Waals surface area (Å²) in [7, 11) is -2.87. The molecular formula is C13H15ClN2O4S. The highest BCUT2D eigenvalue weighted by atomic mass is 35.5. The van der Waals surface area contributed by atoms with E-state index in [1.165, 1.54) is 25.3 Å². The summed E-state index contributed by atoms with van der Waals surface area (Å²) in [4.78, 5) is 11.2. The maximum Gasteiger partial charge on any atom is 0.321 e. The second-order valence-electron chi connectivity index (χ2n) is 4.47. The first-order chi connectivity index (χ1) is 9.73. The number of rotatable bonds is 5. The van der Waals surface area contributed by atoms with Crippen LogP contribution in [0.15, 0.2) is 23.1 Å². The van der Waals surface area contributed by atoms with Gasteiger partial charge in [0.1, 0.15) is 17.5 Å². The van der Waals surface area contributed by atoms with E-state index in [0.717, 1.165) is 4.31 Å². The summed E-state index contributed by atoms with van der Waals surface area (Å²) >= 11 is 5.81. The highest BCUT2D eigenvalue weighted by molar-refractivity contribution is 7.89. The number of halogens is 1. The molecule has 0 amide bonds. The molecule has 0 aliphatic carbocycles. The van der Waals surface area contributed by atoms with Crippen LogP contribution in [0.3, 0.4) is 0 Å². The molecule has 1 rings (SSSR count). The van der Waals surface area contributed by atoms with Gasteiger partial charge < -0.3 is 4.74 Å². The maximum atomic E-state index is 12.7. The van der Waals surface area contributed by atoms with Gasteiger partial charge >= 0.3 is 5.97 Å². The molecule has 0 radical (unpaired) electrons. The summed E-state index contributed by atoms with van der Waals surface area (Å²) in [5.41, 5.74) is -0.0325. The molecule has 0 saturated heterocycles. The zero-order valence-corrected chi connectivity index (χ0v) is 13.4. The van der Waals surface area contributed by atoms with Gasteiger partial charge in [0.15, 0.2) is 0 Å². The molecule has 6 nitrogen and oxygen atoms in total. The lowest BCUT2D eigenvalue weighted by molar-refractivity contribution is -0.141. The predicted octanol–water partition coefficient (Wildman–Crippen LogP) is 1.78. The first-order valence-corrected chi connectivity index (χ1v) is 7.84. The maximum absolute atomic E-state index is 12.7. The third-order valence-corrected chi connectivity index (χ3v) is 5.04. The Morgan fingerprint density at radius 1 is 1.48 bits per heavy atom. The van der Waals surface area contributed by atoms with Crippen molar-refractivity contribution in [3.8, 4) is 6.07 Å². The largest absolute Gasteiger partial charge is 0.468 e. The predicted molar refractivity (Wildman–Crippen MR) is 77.2 cm³/mol. The third kappa shape index (κ3) is 3.94. The Bertz CT molecular complexity index is 680. The molecule has 0 N–H and O–H groups in total. The van der Waals surface area contributed by atoms with Crippen molar-refractivity contribution in [3.05, 3.63) is 28.8 Å². The van der Waals surface area contributed by atoms with Crippen molar-refractivity contribution in [1.82, 2.24) is 4.31 Å². The summed E-state index contributed by atoms with van der Waals surface area (Å²) in [6.07, 6.45) is 0. The molecule has 0 atom stereocenters. The summed E-state index contributed by atoms with van der Waals surface area (Å²) in [5, 5.41) is 9.24. The van der Waals surface area contributed by atoms with Crippen LogP contribution in [0.4, 0.5) is 0 Å². The van der Waals surface area contributed by atoms with Crippen LogP contribution in [0.25, 0.3) is 0 Å². The normalized spacial score (nSPS) is 11.5. The van der Waals surface area contributed by atoms with Crippen molar-refractivity contribution in [2.45, 2.75) is 24.8 Å². The lowest BCUT2D eigenvalue weighted by Gasteiger charge is -2.25. The number of nitriles is 1. The Hall–Kier alpha value is -1.62. The fourth-order valence-corrected chi connectivity index (χ4v) is 3.65. The Morgan fingerprint density at radius 2 is 2.10 bits per heavy atom. The van der Waals surface area contributed by atoms with Gasteiger partial charge in [-0.1, -0.05) is 11.6 Å². The van der Waals surface area contributed by atoms with Crippen LogP contribution >= 0.6 is 11.6 Å². The molecule has 0 unspecified atom stereocenters. The Kier molecular flexibility index (Phi) is 5.72. The highest BCUT2D eigenvalue weighted by Gasteiger charge is 2.31. The van der Waals surface area contributed by atoms with Crippen molar-refractivity contribution in [2.75, 3.05) is 13.7 Å². The smallest absolute Gasteiger partial charge is 0.321 e. The van der Waals surface area contributed by atoms with Gasteiger partial charge in [0.2, 0.25) is 10.0 Å². The van der Waals surface area contributed by atoms with Crippen LogP contribution in [-0.4, -0.2) is 38.4 Å². The average molecular weight is 331 g/mol. The van der Waals surface area contributed by atoms with Crippen LogP contribution in [0.1, 0.15) is 19.4 Å². The minimum absolute atomic E-state index is 0.0325. The molecule has 21 heavy (non-hydrogen) atoms. The molecule has 8 heteroatoms. The van der Waals surface area contributed by atoms with Crippen LogP contribution in [0, 0.1) is 11.3 Å². The summed E-state index contributed by atoms with van der Waals surface area (Å²) < 4.78 is 30.8. The number of methoxy groups -OCH3 is 1. The van der Waals surface area contributed by atoms with E-state index in [1.54, 1.807) is 13.8 Å². The van der Waals surface area contributed by atoms with Gasteiger partial charge in [0.05, 0.1) is 12.7 Å². The van der Waals surface area contributed by atoms with Gasteiger partial charge in [-0.15, -0.1) is 0 Å². The molecule has 1 aromatic carbocycles. The SMILES string of the molecule is COC(=O)CN(C(C)C)S(=O)(=O)c1cc(Cl)ccc1C#N. The van der Waals surface area contributed by atoms with Crippen molar-refractivity contribution in [1.29, 1.82) is 5.26 Å². The molecule has 0 saturated carbocycles. The van der Waals surface area contributed by atoms with Gasteiger partial charge in [-0.25, -0.2) is 8.42 Å². The standard InChI is InChI=1S/C13H15ClN2O4S/c1-9(2)16(8-13(17)20-3)21(18,19)12-6-11(14)5-4-10(12)7-15/h4-6,9H,8H2,1-3H3. The van der Waals surface area contributed by atoms with Crippen LogP contribution in [0.5, 0.6) is 0 Å². The number of ether oxygens (including phenoxy) is 1. The number of carbonyl (C=O) groups is 1. The minimum atomic E-state index is -4.05. The molecule has 0 heterocycles. The van der Waals surface area contributed by atoms with E-state index in [4.69, 9.17) is 16.9 Å². The third-order valence-electron chi connectivity index (χ3n) is 2.74. The van der Waals surface area contributed by atoms with Gasteiger partial charge in [-0.3, -0.25) is 4.79 Å². The van der Waals surface area contributed by atoms with Crippen LogP contribution in [-0.2, 0) is 19.6 Å². The van der Waals surface area contributed by atoms with Gasteiger partial charge in [-0.2, -0.15) is 9.57 Å². The number of carbonyl (C=O) groups excluding carboxylic acids is 1. The fraction of sp³-hybridized carbons (Fsp3) is 0.385. The van der Waals surface area contributed by atoms with Gasteiger partial charge in [0.25, 0.3) is 0 Å². The Balaban J connectivity index is 3.40. The van der Waals surface area contributed by atoms with E-state index in [2.05, 4.69) is 4.74 Å². The number of sulfonamides is 1. The van der Waals surface area contributed by atoms with E-state index in [0.29, 0.717) is 0 Å². The molecule has 0 aliphatic rings. The first kappa shape index (κ1) is 17.4. The first-order valence-electron chi connectivity index (χ1n) is 6.02. The number of hydrogen-bond acceptors (Lipinski definition) is 5. The fourth-order valence-electron chi connectivity index (χ4n) is 1.67. The average Bonchev–Trinajstić information content (AvgIpc) is 2.43. The molecule has 1 aromatic rings. The zero-order valence-electron chi connectivity index (χ0n) is 11.8. The van der Waals surface area contributed by atoms with Crippen LogP contribution in [0.2, 0.25) is 5.02 Å². The summed E-state index contributed by atoms with van der Waals surface area (Å²) in [6, 6.07) is 5.27. The number of esters is 1. The van der Waals surface area contributed by atoms with Crippen molar-refractivity contribution in [3.63, 3.8) is 0 Å². The molecular weight excluding hydrogens is 316 g/mol. The molecule has 0 fully saturated rings. The molecule has 0 spiro atoms. The topological polar surface area (TPSA) is 87.5 Å². The zero-order chi connectivity index (χ0) is 16.2. The quantitative estimate of drug-likeness (QED) is 0.768.